The largest absolute Gasteiger partial charge is 0.491 e. The summed E-state index contributed by atoms with van der Waals surface area (Å²) in [6, 6.07) is 10.00. The number of ether oxygens (including phenoxy) is 3. The molecule has 1 aliphatic carbocycles. The first kappa shape index (κ1) is 31.0. The van der Waals surface area contributed by atoms with Crippen molar-refractivity contribution in [1.29, 1.82) is 0 Å². The molecule has 0 radical (unpaired) electrons. The fraction of sp³-hybridized carbons (Fsp3) is 0.355. The van der Waals surface area contributed by atoms with E-state index in [9.17, 15) is 18.3 Å². The molecule has 5 rings (SSSR count). The molecular formula is C31H35N5O7S. The molecule has 0 amide bonds. The SMILES string of the molecule is COc1ncc(-c2ccc3cc(S(=O)(=O)NC4CCCC4)c(Nc4cc(OC(C)C)cc(C(=O)O)c4C)nc3c2)c(OC)n1. The van der Waals surface area contributed by atoms with Crippen LogP contribution in [0, 0.1) is 6.92 Å². The van der Waals surface area contributed by atoms with Crippen LogP contribution in [0.4, 0.5) is 11.5 Å². The van der Waals surface area contributed by atoms with Crippen LogP contribution in [0.15, 0.2) is 47.5 Å². The van der Waals surface area contributed by atoms with E-state index in [-0.39, 0.29) is 34.4 Å². The molecule has 0 saturated heterocycles. The van der Waals surface area contributed by atoms with E-state index in [1.54, 1.807) is 37.4 Å². The van der Waals surface area contributed by atoms with E-state index in [0.717, 1.165) is 25.7 Å². The van der Waals surface area contributed by atoms with E-state index in [1.165, 1.54) is 20.3 Å². The van der Waals surface area contributed by atoms with Crippen molar-refractivity contribution >= 4 is 38.4 Å². The summed E-state index contributed by atoms with van der Waals surface area (Å²) in [6.07, 6.45) is 4.79. The summed E-state index contributed by atoms with van der Waals surface area (Å²) in [7, 11) is -1.06. The van der Waals surface area contributed by atoms with E-state index < -0.39 is 16.0 Å². The zero-order chi connectivity index (χ0) is 31.6. The number of anilines is 2. The van der Waals surface area contributed by atoms with Crippen LogP contribution in [0.25, 0.3) is 22.0 Å². The van der Waals surface area contributed by atoms with Gasteiger partial charge in [0.1, 0.15) is 10.6 Å². The lowest BCUT2D eigenvalue weighted by molar-refractivity contribution is 0.0695. The number of pyridine rings is 1. The van der Waals surface area contributed by atoms with Crippen LogP contribution in [-0.2, 0) is 10.0 Å². The summed E-state index contributed by atoms with van der Waals surface area (Å²) in [5.41, 5.74) is 2.53. The van der Waals surface area contributed by atoms with Crippen molar-refractivity contribution in [3.63, 3.8) is 0 Å². The smallest absolute Gasteiger partial charge is 0.336 e. The van der Waals surface area contributed by atoms with E-state index in [4.69, 9.17) is 19.2 Å². The summed E-state index contributed by atoms with van der Waals surface area (Å²) < 4.78 is 46.8. The highest BCUT2D eigenvalue weighted by Crippen LogP contribution is 2.36. The Bertz CT molecular complexity index is 1820. The third kappa shape index (κ3) is 6.53. The molecule has 232 valence electrons. The standard InChI is InChI=1S/C31H35N5O7S/c1-17(2)43-22-14-23(30(37)38)18(3)25(15-22)33-28-27(44(39,40)36-21-8-6-7-9-21)13-20-11-10-19(12-26(20)34-28)24-16-32-31(42-5)35-29(24)41-4/h10-17,21,36H,6-9H2,1-5H3,(H,33,34)(H,37,38). The predicted octanol–water partition coefficient (Wildman–Crippen LogP) is 5.47. The van der Waals surface area contributed by atoms with Crippen molar-refractivity contribution in [2.24, 2.45) is 0 Å². The number of sulfonamides is 1. The minimum atomic E-state index is -4.01. The van der Waals surface area contributed by atoms with Crippen LogP contribution >= 0.6 is 0 Å². The van der Waals surface area contributed by atoms with Gasteiger partial charge in [0.05, 0.1) is 37.0 Å². The summed E-state index contributed by atoms with van der Waals surface area (Å²) in [5, 5.41) is 13.6. The first-order chi connectivity index (χ1) is 21.0. The van der Waals surface area contributed by atoms with E-state index in [1.807, 2.05) is 19.9 Å². The first-order valence-corrected chi connectivity index (χ1v) is 15.7. The van der Waals surface area contributed by atoms with Crippen molar-refractivity contribution in [2.45, 2.75) is 63.5 Å². The highest BCUT2D eigenvalue weighted by Gasteiger charge is 2.27. The van der Waals surface area contributed by atoms with Crippen LogP contribution < -0.4 is 24.2 Å². The lowest BCUT2D eigenvalue weighted by Crippen LogP contribution is -2.33. The number of methoxy groups -OCH3 is 2. The zero-order valence-corrected chi connectivity index (χ0v) is 26.0. The van der Waals surface area contributed by atoms with Gasteiger partial charge in [-0.05, 0) is 62.9 Å². The normalized spacial score (nSPS) is 13.8. The fourth-order valence-corrected chi connectivity index (χ4v) is 6.68. The van der Waals surface area contributed by atoms with Gasteiger partial charge in [-0.2, -0.15) is 4.98 Å². The Morgan fingerprint density at radius 3 is 2.45 bits per heavy atom. The molecule has 3 N–H and O–H groups in total. The van der Waals surface area contributed by atoms with Gasteiger partial charge in [0.15, 0.2) is 5.82 Å². The average molecular weight is 622 g/mol. The number of nitrogens with one attached hydrogen (secondary N) is 2. The molecular weight excluding hydrogens is 586 g/mol. The summed E-state index contributed by atoms with van der Waals surface area (Å²) in [5.74, 6) is -0.469. The molecule has 0 atom stereocenters. The molecule has 12 nitrogen and oxygen atoms in total. The molecule has 4 aromatic rings. The number of carboxylic acids is 1. The van der Waals surface area contributed by atoms with Crippen molar-refractivity contribution < 1.29 is 32.5 Å². The number of hydrogen-bond donors (Lipinski definition) is 3. The maximum Gasteiger partial charge on any atom is 0.336 e. The Kier molecular flexibility index (Phi) is 8.88. The Morgan fingerprint density at radius 2 is 1.80 bits per heavy atom. The van der Waals surface area contributed by atoms with Gasteiger partial charge in [0.25, 0.3) is 0 Å². The van der Waals surface area contributed by atoms with Gasteiger partial charge in [-0.25, -0.2) is 27.9 Å². The van der Waals surface area contributed by atoms with E-state index in [0.29, 0.717) is 44.9 Å². The molecule has 1 saturated carbocycles. The van der Waals surface area contributed by atoms with Gasteiger partial charge in [0.2, 0.25) is 15.9 Å². The molecule has 2 heterocycles. The molecule has 0 spiro atoms. The van der Waals surface area contributed by atoms with Gasteiger partial charge >= 0.3 is 12.0 Å². The maximum absolute atomic E-state index is 13.8. The predicted molar refractivity (Wildman–Crippen MR) is 166 cm³/mol. The highest BCUT2D eigenvalue weighted by atomic mass is 32.2. The number of benzene rings is 2. The second-order valence-electron chi connectivity index (χ2n) is 10.9. The third-order valence-corrected chi connectivity index (χ3v) is 8.94. The Morgan fingerprint density at radius 1 is 1.05 bits per heavy atom. The number of carbonyl (C=O) groups is 1. The lowest BCUT2D eigenvalue weighted by Gasteiger charge is -2.19. The minimum Gasteiger partial charge on any atom is -0.491 e. The molecule has 0 unspecified atom stereocenters. The van der Waals surface area contributed by atoms with Crippen molar-refractivity contribution in [2.75, 3.05) is 19.5 Å². The molecule has 2 aromatic carbocycles. The van der Waals surface area contributed by atoms with Crippen LogP contribution in [0.5, 0.6) is 17.6 Å². The number of rotatable bonds is 11. The number of fused-ring (bicyclic) bond motifs is 1. The molecule has 1 aliphatic rings. The third-order valence-electron chi connectivity index (χ3n) is 7.40. The van der Waals surface area contributed by atoms with E-state index in [2.05, 4.69) is 20.0 Å². The van der Waals surface area contributed by atoms with Crippen LogP contribution in [0.3, 0.4) is 0 Å². The lowest BCUT2D eigenvalue weighted by atomic mass is 10.1. The van der Waals surface area contributed by atoms with Gasteiger partial charge in [-0.3, -0.25) is 0 Å². The number of hydrogen-bond acceptors (Lipinski definition) is 10. The zero-order valence-electron chi connectivity index (χ0n) is 25.2. The van der Waals surface area contributed by atoms with Crippen molar-refractivity contribution in [3.8, 4) is 28.8 Å². The monoisotopic (exact) mass is 621 g/mol. The van der Waals surface area contributed by atoms with Crippen LogP contribution in [0.2, 0.25) is 0 Å². The second kappa shape index (κ2) is 12.6. The number of carboxylic acid groups (broad SMARTS) is 1. The number of aromatic carboxylic acids is 1. The maximum atomic E-state index is 13.8. The fourth-order valence-electron chi connectivity index (χ4n) is 5.25. The van der Waals surface area contributed by atoms with Crippen molar-refractivity contribution in [1.82, 2.24) is 19.7 Å². The quantitative estimate of drug-likeness (QED) is 0.195. The van der Waals surface area contributed by atoms with Gasteiger partial charge in [0, 0.05) is 29.4 Å². The Balaban J connectivity index is 1.67. The topological polar surface area (TPSA) is 162 Å². The number of aromatic nitrogens is 3. The molecule has 1 fully saturated rings. The minimum absolute atomic E-state index is 0.0220. The first-order valence-electron chi connectivity index (χ1n) is 14.2. The van der Waals surface area contributed by atoms with Gasteiger partial charge < -0.3 is 24.6 Å². The highest BCUT2D eigenvalue weighted by molar-refractivity contribution is 7.89. The van der Waals surface area contributed by atoms with E-state index >= 15 is 0 Å². The molecule has 44 heavy (non-hydrogen) atoms. The Labute approximate surface area is 255 Å². The average Bonchev–Trinajstić information content (AvgIpc) is 3.49. The molecule has 13 heteroatoms. The van der Waals surface area contributed by atoms with Crippen molar-refractivity contribution in [3.05, 3.63) is 53.7 Å². The Hall–Kier alpha value is -4.49. The van der Waals surface area contributed by atoms with Gasteiger partial charge in [-0.1, -0.05) is 25.0 Å². The number of nitrogens with zero attached hydrogens (tertiary/aromatic N) is 3. The molecule has 0 bridgehead atoms. The second-order valence-corrected chi connectivity index (χ2v) is 12.5. The molecule has 0 aliphatic heterocycles. The molecule has 2 aromatic heterocycles. The van der Waals surface area contributed by atoms with Gasteiger partial charge in [-0.15, -0.1) is 0 Å². The summed E-state index contributed by atoms with van der Waals surface area (Å²) >= 11 is 0. The van der Waals surface area contributed by atoms with Crippen LogP contribution in [-0.4, -0.2) is 60.8 Å². The summed E-state index contributed by atoms with van der Waals surface area (Å²) in [4.78, 5) is 25.3. The van der Waals surface area contributed by atoms with Crippen LogP contribution in [0.1, 0.15) is 55.5 Å². The summed E-state index contributed by atoms with van der Waals surface area (Å²) in [6.45, 7) is 5.31.